The van der Waals surface area contributed by atoms with E-state index >= 15 is 0 Å². The van der Waals surface area contributed by atoms with Crippen LogP contribution >= 0.6 is 0 Å². The van der Waals surface area contributed by atoms with Crippen LogP contribution in [0.25, 0.3) is 0 Å². The van der Waals surface area contributed by atoms with Gasteiger partial charge in [0.25, 0.3) is 0 Å². The van der Waals surface area contributed by atoms with E-state index in [1.807, 2.05) is 48.5 Å². The van der Waals surface area contributed by atoms with Gasteiger partial charge >= 0.3 is 0 Å². The van der Waals surface area contributed by atoms with Crippen LogP contribution in [0, 0.1) is 5.82 Å². The summed E-state index contributed by atoms with van der Waals surface area (Å²) in [5.74, 6) is 0.650. The topological polar surface area (TPSA) is 21.3 Å². The van der Waals surface area contributed by atoms with Gasteiger partial charge < -0.3 is 10.1 Å². The van der Waals surface area contributed by atoms with E-state index in [4.69, 9.17) is 4.74 Å². The molecule has 0 heterocycles. The minimum Gasteiger partial charge on any atom is -0.489 e. The molecule has 3 heteroatoms. The number of rotatable bonds is 7. The van der Waals surface area contributed by atoms with Crippen LogP contribution in [0.4, 0.5) is 4.39 Å². The molecule has 2 nitrogen and oxygen atoms in total. The molecule has 0 saturated carbocycles. The van der Waals surface area contributed by atoms with Crippen molar-refractivity contribution in [2.75, 3.05) is 0 Å². The van der Waals surface area contributed by atoms with Gasteiger partial charge in [-0.15, -0.1) is 0 Å². The summed E-state index contributed by atoms with van der Waals surface area (Å²) in [7, 11) is 0. The van der Waals surface area contributed by atoms with Crippen molar-refractivity contribution in [1.82, 2.24) is 5.32 Å². The molecule has 1 atom stereocenters. The third kappa shape index (κ3) is 5.16. The normalized spacial score (nSPS) is 11.9. The monoisotopic (exact) mass is 335 g/mol. The van der Waals surface area contributed by atoms with Crippen LogP contribution < -0.4 is 10.1 Å². The first-order chi connectivity index (χ1) is 12.2. The van der Waals surface area contributed by atoms with Gasteiger partial charge in [-0.25, -0.2) is 4.39 Å². The van der Waals surface area contributed by atoms with Gasteiger partial charge in [-0.1, -0.05) is 54.6 Å². The van der Waals surface area contributed by atoms with E-state index in [1.54, 1.807) is 0 Å². The lowest BCUT2D eigenvalue weighted by atomic mass is 10.1. The second kappa shape index (κ2) is 8.45. The molecule has 0 aliphatic heterocycles. The van der Waals surface area contributed by atoms with Gasteiger partial charge in [-0.05, 0) is 47.9 Å². The van der Waals surface area contributed by atoms with E-state index in [-0.39, 0.29) is 11.9 Å². The Morgan fingerprint density at radius 3 is 2.36 bits per heavy atom. The molecule has 0 fully saturated rings. The second-order valence-corrected chi connectivity index (χ2v) is 6.08. The standard InChI is InChI=1S/C22H22FNO/c1-17(20-10-12-21(23)13-11-20)24-15-19-8-5-9-22(14-19)25-16-18-6-3-2-4-7-18/h2-14,17,24H,15-16H2,1H3. The van der Waals surface area contributed by atoms with Crippen molar-refractivity contribution in [3.05, 3.63) is 101 Å². The van der Waals surface area contributed by atoms with E-state index < -0.39 is 0 Å². The predicted octanol–water partition coefficient (Wildman–Crippen LogP) is 5.26. The number of nitrogens with one attached hydrogen (secondary N) is 1. The fourth-order valence-electron chi connectivity index (χ4n) is 2.63. The molecule has 3 rings (SSSR count). The molecule has 1 N–H and O–H groups in total. The summed E-state index contributed by atoms with van der Waals surface area (Å²) >= 11 is 0. The van der Waals surface area contributed by atoms with Crippen LogP contribution in [0.5, 0.6) is 5.75 Å². The highest BCUT2D eigenvalue weighted by atomic mass is 19.1. The smallest absolute Gasteiger partial charge is 0.123 e. The highest BCUT2D eigenvalue weighted by molar-refractivity contribution is 5.29. The quantitative estimate of drug-likeness (QED) is 0.636. The maximum Gasteiger partial charge on any atom is 0.123 e. The molecule has 3 aromatic carbocycles. The number of hydrogen-bond donors (Lipinski definition) is 1. The fraction of sp³-hybridized carbons (Fsp3) is 0.182. The maximum atomic E-state index is 13.0. The summed E-state index contributed by atoms with van der Waals surface area (Å²) < 4.78 is 18.9. The van der Waals surface area contributed by atoms with Crippen molar-refractivity contribution in [3.8, 4) is 5.75 Å². The zero-order chi connectivity index (χ0) is 17.5. The van der Waals surface area contributed by atoms with Gasteiger partial charge in [0, 0.05) is 12.6 Å². The molecule has 0 bridgehead atoms. The van der Waals surface area contributed by atoms with Gasteiger partial charge in [0.2, 0.25) is 0 Å². The molecule has 0 radical (unpaired) electrons. The minimum absolute atomic E-state index is 0.148. The van der Waals surface area contributed by atoms with E-state index in [2.05, 4.69) is 30.4 Å². The van der Waals surface area contributed by atoms with Crippen molar-refractivity contribution >= 4 is 0 Å². The average Bonchev–Trinajstić information content (AvgIpc) is 2.66. The van der Waals surface area contributed by atoms with Crippen molar-refractivity contribution < 1.29 is 9.13 Å². The molecule has 0 spiro atoms. The lowest BCUT2D eigenvalue weighted by Gasteiger charge is -2.15. The molecule has 0 aliphatic carbocycles. The largest absolute Gasteiger partial charge is 0.489 e. The Bertz CT molecular complexity index is 787. The first-order valence-electron chi connectivity index (χ1n) is 8.45. The number of hydrogen-bond acceptors (Lipinski definition) is 2. The summed E-state index contributed by atoms with van der Waals surface area (Å²) in [5, 5.41) is 3.46. The third-order valence-corrected chi connectivity index (χ3v) is 4.13. The predicted molar refractivity (Wildman–Crippen MR) is 98.9 cm³/mol. The van der Waals surface area contributed by atoms with Crippen molar-refractivity contribution in [2.45, 2.75) is 26.1 Å². The number of ether oxygens (including phenoxy) is 1. The Kier molecular flexibility index (Phi) is 5.81. The van der Waals surface area contributed by atoms with Crippen LogP contribution in [-0.4, -0.2) is 0 Å². The van der Waals surface area contributed by atoms with Gasteiger partial charge in [-0.2, -0.15) is 0 Å². The Hall–Kier alpha value is -2.65. The molecule has 0 amide bonds. The van der Waals surface area contributed by atoms with Crippen LogP contribution in [0.15, 0.2) is 78.9 Å². The third-order valence-electron chi connectivity index (χ3n) is 4.13. The molecule has 0 aliphatic rings. The molecule has 128 valence electrons. The van der Waals surface area contributed by atoms with Gasteiger partial charge in [0.05, 0.1) is 0 Å². The van der Waals surface area contributed by atoms with Crippen LogP contribution in [0.1, 0.15) is 29.7 Å². The zero-order valence-electron chi connectivity index (χ0n) is 14.3. The fourth-order valence-corrected chi connectivity index (χ4v) is 2.63. The SMILES string of the molecule is CC(NCc1cccc(OCc2ccccc2)c1)c1ccc(F)cc1. The summed E-state index contributed by atoms with van der Waals surface area (Å²) in [6, 6.07) is 25.0. The van der Waals surface area contributed by atoms with Crippen LogP contribution in [-0.2, 0) is 13.2 Å². The molecule has 0 saturated heterocycles. The average molecular weight is 335 g/mol. The van der Waals surface area contributed by atoms with Crippen molar-refractivity contribution in [2.24, 2.45) is 0 Å². The zero-order valence-corrected chi connectivity index (χ0v) is 14.3. The van der Waals surface area contributed by atoms with Crippen LogP contribution in [0.2, 0.25) is 0 Å². The van der Waals surface area contributed by atoms with Crippen LogP contribution in [0.3, 0.4) is 0 Å². The summed E-state index contributed by atoms with van der Waals surface area (Å²) in [6.45, 7) is 3.35. The van der Waals surface area contributed by atoms with Gasteiger partial charge in [0.15, 0.2) is 0 Å². The molecule has 25 heavy (non-hydrogen) atoms. The lowest BCUT2D eigenvalue weighted by Crippen LogP contribution is -2.18. The van der Waals surface area contributed by atoms with Crippen molar-refractivity contribution in [3.63, 3.8) is 0 Å². The summed E-state index contributed by atoms with van der Waals surface area (Å²) in [6.07, 6.45) is 0. The van der Waals surface area contributed by atoms with E-state index in [0.717, 1.165) is 29.0 Å². The minimum atomic E-state index is -0.209. The Morgan fingerprint density at radius 1 is 0.880 bits per heavy atom. The maximum absolute atomic E-state index is 13.0. The van der Waals surface area contributed by atoms with E-state index in [0.29, 0.717) is 6.61 Å². The molecule has 1 unspecified atom stereocenters. The van der Waals surface area contributed by atoms with Crippen molar-refractivity contribution in [1.29, 1.82) is 0 Å². The second-order valence-electron chi connectivity index (χ2n) is 6.08. The Morgan fingerprint density at radius 2 is 1.60 bits per heavy atom. The highest BCUT2D eigenvalue weighted by Gasteiger charge is 2.05. The number of benzene rings is 3. The first-order valence-corrected chi connectivity index (χ1v) is 8.45. The summed E-state index contributed by atoms with van der Waals surface area (Å²) in [5.41, 5.74) is 3.37. The first kappa shape index (κ1) is 17.2. The van der Waals surface area contributed by atoms with Gasteiger partial charge in [0.1, 0.15) is 18.2 Å². The van der Waals surface area contributed by atoms with E-state index in [9.17, 15) is 4.39 Å². The molecule has 0 aromatic heterocycles. The van der Waals surface area contributed by atoms with Gasteiger partial charge in [-0.3, -0.25) is 0 Å². The number of halogens is 1. The summed E-state index contributed by atoms with van der Waals surface area (Å²) in [4.78, 5) is 0. The lowest BCUT2D eigenvalue weighted by molar-refractivity contribution is 0.306. The molecular formula is C22H22FNO. The molecule has 3 aromatic rings. The Balaban J connectivity index is 1.55. The highest BCUT2D eigenvalue weighted by Crippen LogP contribution is 2.17. The van der Waals surface area contributed by atoms with E-state index in [1.165, 1.54) is 12.1 Å². The Labute approximate surface area is 148 Å². The molecular weight excluding hydrogens is 313 g/mol.